The van der Waals surface area contributed by atoms with E-state index in [4.69, 9.17) is 4.74 Å². The monoisotopic (exact) mass is 453 g/mol. The number of alkyl halides is 3. The lowest BCUT2D eigenvalue weighted by atomic mass is 9.83. The lowest BCUT2D eigenvalue weighted by Crippen LogP contribution is -2.47. The number of ether oxygens (including phenoxy) is 1. The first-order valence-electron chi connectivity index (χ1n) is 11.5. The molecule has 1 N–H and O–H groups in total. The molecular formula is C24H34F3N3O2. The summed E-state index contributed by atoms with van der Waals surface area (Å²) in [7, 11) is 1.61. The molecule has 0 unspecified atom stereocenters. The lowest BCUT2D eigenvalue weighted by Gasteiger charge is -2.37. The van der Waals surface area contributed by atoms with Crippen LogP contribution in [0, 0.1) is 5.92 Å². The third kappa shape index (κ3) is 7.52. The summed E-state index contributed by atoms with van der Waals surface area (Å²) in [5.74, 6) is 0.638. The van der Waals surface area contributed by atoms with Gasteiger partial charge in [0, 0.05) is 51.6 Å². The predicted molar refractivity (Wildman–Crippen MR) is 120 cm³/mol. The van der Waals surface area contributed by atoms with Gasteiger partial charge in [0.05, 0.1) is 12.2 Å². The van der Waals surface area contributed by atoms with Crippen molar-refractivity contribution in [2.75, 3.05) is 57.9 Å². The molecule has 0 spiro atoms. The van der Waals surface area contributed by atoms with Crippen molar-refractivity contribution in [3.8, 4) is 0 Å². The summed E-state index contributed by atoms with van der Waals surface area (Å²) in [6.07, 6.45) is 2.76. The molecule has 2 aliphatic rings. The van der Waals surface area contributed by atoms with E-state index in [-0.39, 0.29) is 5.91 Å². The van der Waals surface area contributed by atoms with Crippen molar-refractivity contribution < 1.29 is 22.7 Å². The van der Waals surface area contributed by atoms with Crippen molar-refractivity contribution in [2.24, 2.45) is 5.92 Å². The van der Waals surface area contributed by atoms with Crippen LogP contribution in [0.1, 0.15) is 37.7 Å². The summed E-state index contributed by atoms with van der Waals surface area (Å²) in [6.45, 7) is 5.31. The Bertz CT molecular complexity index is 764. The van der Waals surface area contributed by atoms with E-state index in [2.05, 4.69) is 10.2 Å². The Morgan fingerprint density at radius 2 is 1.91 bits per heavy atom. The summed E-state index contributed by atoms with van der Waals surface area (Å²) < 4.78 is 43.8. The lowest BCUT2D eigenvalue weighted by molar-refractivity contribution is -0.137. The Balaban J connectivity index is 1.36. The van der Waals surface area contributed by atoms with Crippen LogP contribution in [-0.2, 0) is 15.7 Å². The van der Waals surface area contributed by atoms with E-state index in [1.807, 2.05) is 4.90 Å². The standard InChI is InChI=1S/C24H34F3N3O2/c1-32-16-10-28-23(31)17-20-7-5-19(6-8-20)9-11-29-12-14-30(15-13-29)22-4-2-3-21(18-22)24(25,26)27/h2-4,17-19H,5-16H2,1H3,(H,28,31). The SMILES string of the molecule is COCCNC(=O)C=C1CCC(CCN2CCN(c3cccc(C(F)(F)F)c3)CC2)CC1. The first kappa shape index (κ1) is 24.6. The highest BCUT2D eigenvalue weighted by Crippen LogP contribution is 2.32. The first-order valence-corrected chi connectivity index (χ1v) is 11.5. The molecule has 1 aliphatic carbocycles. The molecule has 0 bridgehead atoms. The van der Waals surface area contributed by atoms with Gasteiger partial charge in [0.1, 0.15) is 0 Å². The van der Waals surface area contributed by atoms with Gasteiger partial charge in [-0.25, -0.2) is 0 Å². The largest absolute Gasteiger partial charge is 0.416 e. The van der Waals surface area contributed by atoms with Gasteiger partial charge in [-0.1, -0.05) is 11.6 Å². The highest BCUT2D eigenvalue weighted by Gasteiger charge is 2.31. The molecule has 1 aliphatic heterocycles. The molecule has 1 aromatic carbocycles. The Morgan fingerprint density at radius 1 is 1.19 bits per heavy atom. The number of nitrogens with zero attached hydrogens (tertiary/aromatic N) is 2. The first-order chi connectivity index (χ1) is 15.3. The van der Waals surface area contributed by atoms with Crippen molar-refractivity contribution in [3.05, 3.63) is 41.5 Å². The zero-order valence-corrected chi connectivity index (χ0v) is 18.8. The maximum atomic E-state index is 13.0. The molecule has 3 rings (SSSR count). The summed E-state index contributed by atoms with van der Waals surface area (Å²) in [5, 5.41) is 2.83. The third-order valence-electron chi connectivity index (χ3n) is 6.45. The second kappa shape index (κ2) is 11.7. The molecule has 0 atom stereocenters. The second-order valence-corrected chi connectivity index (χ2v) is 8.70. The van der Waals surface area contributed by atoms with Crippen LogP contribution in [0.3, 0.4) is 0 Å². The van der Waals surface area contributed by atoms with Crippen molar-refractivity contribution >= 4 is 11.6 Å². The molecule has 0 aromatic heterocycles. The molecule has 1 amide bonds. The quantitative estimate of drug-likeness (QED) is 0.476. The number of hydrogen-bond acceptors (Lipinski definition) is 4. The van der Waals surface area contributed by atoms with E-state index < -0.39 is 11.7 Å². The Kier molecular flexibility index (Phi) is 8.99. The number of nitrogens with one attached hydrogen (secondary N) is 1. The number of piperazine rings is 1. The minimum atomic E-state index is -4.30. The third-order valence-corrected chi connectivity index (χ3v) is 6.45. The molecule has 1 aromatic rings. The summed E-state index contributed by atoms with van der Waals surface area (Å²) >= 11 is 0. The fourth-order valence-corrected chi connectivity index (χ4v) is 4.47. The number of methoxy groups -OCH3 is 1. The summed E-state index contributed by atoms with van der Waals surface area (Å²) in [4.78, 5) is 16.3. The topological polar surface area (TPSA) is 44.8 Å². The van der Waals surface area contributed by atoms with Crippen LogP contribution in [-0.4, -0.2) is 63.8 Å². The second-order valence-electron chi connectivity index (χ2n) is 8.70. The van der Waals surface area contributed by atoms with Crippen LogP contribution in [0.15, 0.2) is 35.9 Å². The molecule has 178 valence electrons. The van der Waals surface area contributed by atoms with E-state index in [1.54, 1.807) is 19.3 Å². The molecule has 5 nitrogen and oxygen atoms in total. The smallest absolute Gasteiger partial charge is 0.383 e. The summed E-state index contributed by atoms with van der Waals surface area (Å²) in [5.41, 5.74) is 1.29. The zero-order valence-electron chi connectivity index (χ0n) is 18.8. The minimum absolute atomic E-state index is 0.0332. The van der Waals surface area contributed by atoms with Crippen LogP contribution in [0.25, 0.3) is 0 Å². The van der Waals surface area contributed by atoms with Gasteiger partial charge in [-0.2, -0.15) is 13.2 Å². The number of carbonyl (C=O) groups is 1. The predicted octanol–water partition coefficient (Wildman–Crippen LogP) is 4.10. The number of benzene rings is 1. The van der Waals surface area contributed by atoms with Crippen molar-refractivity contribution in [2.45, 2.75) is 38.3 Å². The van der Waals surface area contributed by atoms with E-state index in [0.717, 1.165) is 70.9 Å². The normalized spacial score (nSPS) is 20.3. The van der Waals surface area contributed by atoms with Gasteiger partial charge < -0.3 is 15.0 Å². The molecule has 8 heteroatoms. The van der Waals surface area contributed by atoms with Crippen LogP contribution in [0.5, 0.6) is 0 Å². The van der Waals surface area contributed by atoms with Gasteiger partial charge in [0.2, 0.25) is 5.91 Å². The molecule has 1 saturated carbocycles. The van der Waals surface area contributed by atoms with Crippen molar-refractivity contribution in [1.82, 2.24) is 10.2 Å². The fourth-order valence-electron chi connectivity index (χ4n) is 4.47. The molecule has 1 heterocycles. The van der Waals surface area contributed by atoms with Gasteiger partial charge in [-0.15, -0.1) is 0 Å². The van der Waals surface area contributed by atoms with E-state index >= 15 is 0 Å². The number of halogens is 3. The molecule has 0 radical (unpaired) electrons. The molecule has 1 saturated heterocycles. The van der Waals surface area contributed by atoms with Crippen LogP contribution in [0.4, 0.5) is 18.9 Å². The Hall–Kier alpha value is -2.06. The molecule has 32 heavy (non-hydrogen) atoms. The maximum Gasteiger partial charge on any atom is 0.416 e. The van der Waals surface area contributed by atoms with Crippen LogP contribution < -0.4 is 10.2 Å². The number of rotatable bonds is 8. The highest BCUT2D eigenvalue weighted by molar-refractivity contribution is 5.88. The number of anilines is 1. The van der Waals surface area contributed by atoms with Crippen LogP contribution >= 0.6 is 0 Å². The van der Waals surface area contributed by atoms with E-state index in [1.165, 1.54) is 17.7 Å². The number of carbonyl (C=O) groups excluding carboxylic acids is 1. The number of hydrogen-bond donors (Lipinski definition) is 1. The van der Waals surface area contributed by atoms with Gasteiger partial charge in [0.25, 0.3) is 0 Å². The minimum Gasteiger partial charge on any atom is -0.383 e. The van der Waals surface area contributed by atoms with Crippen molar-refractivity contribution in [3.63, 3.8) is 0 Å². The van der Waals surface area contributed by atoms with Gasteiger partial charge in [0.15, 0.2) is 0 Å². The number of amides is 1. The van der Waals surface area contributed by atoms with Crippen LogP contribution in [0.2, 0.25) is 0 Å². The average Bonchev–Trinajstić information content (AvgIpc) is 2.79. The fraction of sp³-hybridized carbons (Fsp3) is 0.625. The van der Waals surface area contributed by atoms with Gasteiger partial charge in [-0.05, 0) is 62.8 Å². The zero-order chi connectivity index (χ0) is 23.0. The molecule has 2 fully saturated rings. The highest BCUT2D eigenvalue weighted by atomic mass is 19.4. The summed E-state index contributed by atoms with van der Waals surface area (Å²) in [6, 6.07) is 5.62. The van der Waals surface area contributed by atoms with Gasteiger partial charge >= 0.3 is 6.18 Å². The van der Waals surface area contributed by atoms with E-state index in [0.29, 0.717) is 24.8 Å². The van der Waals surface area contributed by atoms with E-state index in [9.17, 15) is 18.0 Å². The Labute approximate surface area is 188 Å². The average molecular weight is 454 g/mol. The van der Waals surface area contributed by atoms with Gasteiger partial charge in [-0.3, -0.25) is 9.69 Å². The Morgan fingerprint density at radius 3 is 2.56 bits per heavy atom. The maximum absolute atomic E-state index is 13.0. The van der Waals surface area contributed by atoms with Crippen molar-refractivity contribution in [1.29, 1.82) is 0 Å². The number of allylic oxidation sites excluding steroid dienone is 1. The molecular weight excluding hydrogens is 419 g/mol.